The lowest BCUT2D eigenvalue weighted by atomic mass is 9.90. The number of ether oxygens (including phenoxy) is 1. The summed E-state index contributed by atoms with van der Waals surface area (Å²) in [6.45, 7) is 1.87. The molecule has 0 unspecified atom stereocenters. The molecule has 2 heterocycles. The predicted octanol–water partition coefficient (Wildman–Crippen LogP) is 2.56. The first kappa shape index (κ1) is 13.5. The van der Waals surface area contributed by atoms with Gasteiger partial charge in [-0.15, -0.1) is 0 Å². The Bertz CT molecular complexity index is 701. The molecule has 2 aromatic carbocycles. The van der Waals surface area contributed by atoms with Crippen molar-refractivity contribution in [2.24, 2.45) is 0 Å². The molecule has 1 amide bonds. The van der Waals surface area contributed by atoms with Crippen molar-refractivity contribution in [3.8, 4) is 0 Å². The Morgan fingerprint density at radius 1 is 1.05 bits per heavy atom. The molecule has 22 heavy (non-hydrogen) atoms. The molecule has 1 N–H and O–H groups in total. The van der Waals surface area contributed by atoms with Crippen LogP contribution >= 0.6 is 0 Å². The highest BCUT2D eigenvalue weighted by atomic mass is 16.5. The molecule has 0 aliphatic carbocycles. The van der Waals surface area contributed by atoms with E-state index in [-0.39, 0.29) is 5.91 Å². The Morgan fingerprint density at radius 3 is 2.68 bits per heavy atom. The zero-order valence-corrected chi connectivity index (χ0v) is 12.3. The van der Waals surface area contributed by atoms with Crippen LogP contribution in [0.15, 0.2) is 54.6 Å². The van der Waals surface area contributed by atoms with Gasteiger partial charge in [0, 0.05) is 23.4 Å². The third kappa shape index (κ3) is 1.95. The number of hydrogen-bond acceptors (Lipinski definition) is 3. The summed E-state index contributed by atoms with van der Waals surface area (Å²) in [5.74, 6) is 0.00996. The van der Waals surface area contributed by atoms with Gasteiger partial charge in [0.25, 0.3) is 0 Å². The highest BCUT2D eigenvalue weighted by Gasteiger charge is 2.47. The van der Waals surface area contributed by atoms with Crippen LogP contribution in [0.4, 0.5) is 5.69 Å². The van der Waals surface area contributed by atoms with Crippen molar-refractivity contribution >= 4 is 11.6 Å². The third-order valence-corrected chi connectivity index (χ3v) is 4.39. The largest absolute Gasteiger partial charge is 0.352 e. The van der Waals surface area contributed by atoms with Gasteiger partial charge < -0.3 is 10.1 Å². The molecular formula is C18H18N2O2. The van der Waals surface area contributed by atoms with E-state index in [1.54, 1.807) is 0 Å². The normalized spacial score (nSPS) is 24.8. The quantitative estimate of drug-likeness (QED) is 0.879. The van der Waals surface area contributed by atoms with Crippen molar-refractivity contribution in [2.45, 2.75) is 12.1 Å². The first-order chi connectivity index (χ1) is 10.8. The molecule has 2 aromatic rings. The molecule has 0 aromatic heterocycles. The Balaban J connectivity index is 1.99. The minimum Gasteiger partial charge on any atom is -0.352 e. The van der Waals surface area contributed by atoms with E-state index < -0.39 is 5.72 Å². The standard InChI is InChI=1S/C18H18N2O2/c21-17-13-20-11-6-12-22-18(20,14-7-2-1-3-8-14)15-9-4-5-10-16(15)19-17/h1-5,7-10H,6,11-13H2,(H,19,21)/t18-/m1/s1. The number of para-hydroxylation sites is 1. The lowest BCUT2D eigenvalue weighted by Crippen LogP contribution is -2.53. The summed E-state index contributed by atoms with van der Waals surface area (Å²) in [6, 6.07) is 18.1. The first-order valence-electron chi connectivity index (χ1n) is 7.64. The second kappa shape index (κ2) is 5.23. The van der Waals surface area contributed by atoms with Gasteiger partial charge in [-0.2, -0.15) is 0 Å². The summed E-state index contributed by atoms with van der Waals surface area (Å²) < 4.78 is 6.34. The molecular weight excluding hydrogens is 276 g/mol. The molecule has 4 rings (SSSR count). The van der Waals surface area contributed by atoms with E-state index in [4.69, 9.17) is 4.74 Å². The maximum atomic E-state index is 12.3. The maximum absolute atomic E-state index is 12.3. The van der Waals surface area contributed by atoms with Gasteiger partial charge in [0.1, 0.15) is 0 Å². The van der Waals surface area contributed by atoms with E-state index in [9.17, 15) is 4.79 Å². The molecule has 2 aliphatic rings. The molecule has 0 saturated carbocycles. The maximum Gasteiger partial charge on any atom is 0.238 e. The van der Waals surface area contributed by atoms with Crippen LogP contribution in [-0.2, 0) is 15.3 Å². The Morgan fingerprint density at radius 2 is 1.82 bits per heavy atom. The number of hydrogen-bond donors (Lipinski definition) is 1. The van der Waals surface area contributed by atoms with E-state index in [0.29, 0.717) is 13.2 Å². The average Bonchev–Trinajstić information content (AvgIpc) is 2.69. The monoisotopic (exact) mass is 294 g/mol. The number of benzene rings is 2. The highest BCUT2D eigenvalue weighted by molar-refractivity contribution is 5.94. The first-order valence-corrected chi connectivity index (χ1v) is 7.64. The Hall–Kier alpha value is -2.17. The summed E-state index contributed by atoms with van der Waals surface area (Å²) in [6.07, 6.45) is 0.935. The molecule has 4 heteroatoms. The van der Waals surface area contributed by atoms with Gasteiger partial charge in [0.2, 0.25) is 5.91 Å². The topological polar surface area (TPSA) is 41.6 Å². The molecule has 0 spiro atoms. The van der Waals surface area contributed by atoms with Crippen LogP contribution in [-0.4, -0.2) is 30.5 Å². The van der Waals surface area contributed by atoms with Crippen molar-refractivity contribution < 1.29 is 9.53 Å². The summed E-state index contributed by atoms with van der Waals surface area (Å²) in [4.78, 5) is 14.4. The van der Waals surface area contributed by atoms with Gasteiger partial charge >= 0.3 is 0 Å². The number of anilines is 1. The van der Waals surface area contributed by atoms with Crippen molar-refractivity contribution in [1.29, 1.82) is 0 Å². The minimum absolute atomic E-state index is 0.00996. The molecule has 112 valence electrons. The molecule has 4 nitrogen and oxygen atoms in total. The number of fused-ring (bicyclic) bond motifs is 3. The molecule has 1 fully saturated rings. The van der Waals surface area contributed by atoms with Gasteiger partial charge in [-0.1, -0.05) is 48.5 Å². The van der Waals surface area contributed by atoms with E-state index >= 15 is 0 Å². The number of amides is 1. The molecule has 0 bridgehead atoms. The number of nitrogens with one attached hydrogen (secondary N) is 1. The lowest BCUT2D eigenvalue weighted by Gasteiger charge is -2.46. The van der Waals surface area contributed by atoms with Crippen LogP contribution in [0.5, 0.6) is 0 Å². The second-order valence-corrected chi connectivity index (χ2v) is 5.73. The SMILES string of the molecule is O=C1CN2CCCO[C@]2(c2ccccc2)c2ccccc2N1. The number of carbonyl (C=O) groups excluding carboxylic acids is 1. The van der Waals surface area contributed by atoms with Gasteiger partial charge in [0.15, 0.2) is 5.72 Å². The third-order valence-electron chi connectivity index (χ3n) is 4.39. The van der Waals surface area contributed by atoms with Gasteiger partial charge in [0.05, 0.1) is 13.2 Å². The average molecular weight is 294 g/mol. The number of nitrogens with zero attached hydrogens (tertiary/aromatic N) is 1. The second-order valence-electron chi connectivity index (χ2n) is 5.73. The van der Waals surface area contributed by atoms with E-state index in [0.717, 1.165) is 29.8 Å². The van der Waals surface area contributed by atoms with E-state index in [2.05, 4.69) is 22.3 Å². The fourth-order valence-corrected chi connectivity index (χ4v) is 3.50. The van der Waals surface area contributed by atoms with Crippen LogP contribution in [0.2, 0.25) is 0 Å². The minimum atomic E-state index is -0.685. The van der Waals surface area contributed by atoms with Crippen molar-refractivity contribution in [1.82, 2.24) is 4.90 Å². The Labute approximate surface area is 129 Å². The number of rotatable bonds is 1. The van der Waals surface area contributed by atoms with Gasteiger partial charge in [-0.05, 0) is 12.5 Å². The van der Waals surface area contributed by atoms with Crippen molar-refractivity contribution in [3.05, 3.63) is 65.7 Å². The fraction of sp³-hybridized carbons (Fsp3) is 0.278. The fourth-order valence-electron chi connectivity index (χ4n) is 3.50. The van der Waals surface area contributed by atoms with Crippen molar-refractivity contribution in [3.63, 3.8) is 0 Å². The molecule has 1 atom stereocenters. The van der Waals surface area contributed by atoms with Gasteiger partial charge in [-0.25, -0.2) is 0 Å². The highest BCUT2D eigenvalue weighted by Crippen LogP contribution is 2.44. The smallest absolute Gasteiger partial charge is 0.238 e. The summed E-state index contributed by atoms with van der Waals surface area (Å²) >= 11 is 0. The van der Waals surface area contributed by atoms with Crippen molar-refractivity contribution in [2.75, 3.05) is 25.0 Å². The number of carbonyl (C=O) groups is 1. The van der Waals surface area contributed by atoms with Crippen LogP contribution in [0.25, 0.3) is 0 Å². The van der Waals surface area contributed by atoms with E-state index in [1.807, 2.05) is 42.5 Å². The lowest BCUT2D eigenvalue weighted by molar-refractivity contribution is -0.167. The predicted molar refractivity (Wildman–Crippen MR) is 84.4 cm³/mol. The molecule has 1 saturated heterocycles. The van der Waals surface area contributed by atoms with Crippen LogP contribution in [0.1, 0.15) is 17.5 Å². The van der Waals surface area contributed by atoms with Gasteiger partial charge in [-0.3, -0.25) is 9.69 Å². The molecule has 0 radical (unpaired) electrons. The summed E-state index contributed by atoms with van der Waals surface area (Å²) in [7, 11) is 0. The van der Waals surface area contributed by atoms with Crippen LogP contribution < -0.4 is 5.32 Å². The zero-order valence-electron chi connectivity index (χ0n) is 12.3. The zero-order chi connectivity index (χ0) is 15.0. The summed E-state index contributed by atoms with van der Waals surface area (Å²) in [5, 5.41) is 3.01. The molecule has 2 aliphatic heterocycles. The van der Waals surface area contributed by atoms with E-state index in [1.165, 1.54) is 0 Å². The van der Waals surface area contributed by atoms with Crippen LogP contribution in [0, 0.1) is 0 Å². The van der Waals surface area contributed by atoms with Crippen LogP contribution in [0.3, 0.4) is 0 Å². The summed E-state index contributed by atoms with van der Waals surface area (Å²) in [5.41, 5.74) is 2.22. The Kier molecular flexibility index (Phi) is 3.21.